The minimum absolute atomic E-state index is 0.0620. The molecule has 1 heterocycles. The number of halogens is 1. The van der Waals surface area contributed by atoms with E-state index in [4.69, 9.17) is 23.8 Å². The van der Waals surface area contributed by atoms with Crippen LogP contribution in [0.1, 0.15) is 26.8 Å². The van der Waals surface area contributed by atoms with Crippen molar-refractivity contribution in [2.75, 3.05) is 13.1 Å². The fraction of sp³-hybridized carbons (Fsp3) is 0.429. The molecule has 1 atom stereocenters. The molecule has 1 N–H and O–H groups in total. The van der Waals surface area contributed by atoms with E-state index in [1.54, 1.807) is 11.0 Å². The highest BCUT2D eigenvalue weighted by molar-refractivity contribution is 7.71. The molecule has 1 aromatic carbocycles. The average molecular weight is 312 g/mol. The van der Waals surface area contributed by atoms with Crippen LogP contribution in [0.5, 0.6) is 0 Å². The number of rotatable bonds is 4. The molecule has 0 saturated carbocycles. The summed E-state index contributed by atoms with van der Waals surface area (Å²) < 4.78 is 2.35. The largest absolute Gasteiger partial charge is 0.341 e. The van der Waals surface area contributed by atoms with Crippen LogP contribution in [0.3, 0.4) is 0 Å². The van der Waals surface area contributed by atoms with Crippen LogP contribution in [-0.4, -0.2) is 33.4 Å². The second-order valence-corrected chi connectivity index (χ2v) is 5.41. The highest BCUT2D eigenvalue weighted by Gasteiger charge is 2.22. The molecule has 0 radical (unpaired) electrons. The topological polar surface area (TPSA) is 41.0 Å². The second-order valence-electron chi connectivity index (χ2n) is 4.62. The van der Waals surface area contributed by atoms with Crippen molar-refractivity contribution in [3.8, 4) is 0 Å². The molecule has 2 aromatic rings. The number of nitrogens with one attached hydrogen (secondary N) is 1. The van der Waals surface area contributed by atoms with E-state index in [9.17, 15) is 4.79 Å². The maximum absolute atomic E-state index is 12.5. The zero-order chi connectivity index (χ0) is 14.9. The van der Waals surface area contributed by atoms with Crippen LogP contribution < -0.4 is 0 Å². The Morgan fingerprint density at radius 3 is 2.70 bits per heavy atom. The van der Waals surface area contributed by atoms with E-state index in [-0.39, 0.29) is 11.9 Å². The van der Waals surface area contributed by atoms with Gasteiger partial charge in [-0.15, -0.1) is 0 Å². The van der Waals surface area contributed by atoms with Gasteiger partial charge >= 0.3 is 0 Å². The molecule has 0 aliphatic carbocycles. The number of para-hydroxylation sites is 1. The summed E-state index contributed by atoms with van der Waals surface area (Å²) in [7, 11) is 0. The number of hydrogen-bond donors (Lipinski definition) is 1. The van der Waals surface area contributed by atoms with Crippen LogP contribution in [0.4, 0.5) is 0 Å². The predicted octanol–water partition coefficient (Wildman–Crippen LogP) is 3.78. The second kappa shape index (κ2) is 5.97. The van der Waals surface area contributed by atoms with Crippen molar-refractivity contribution in [2.24, 2.45) is 0 Å². The lowest BCUT2D eigenvalue weighted by Gasteiger charge is -2.24. The van der Waals surface area contributed by atoms with Crippen molar-refractivity contribution < 1.29 is 4.79 Å². The lowest BCUT2D eigenvalue weighted by atomic mass is 10.2. The van der Waals surface area contributed by atoms with Gasteiger partial charge in [-0.25, -0.2) is 0 Å². The number of imidazole rings is 1. The number of H-pyrrole nitrogens is 1. The van der Waals surface area contributed by atoms with Gasteiger partial charge < -0.3 is 14.5 Å². The number of carbonyl (C=O) groups excluding carboxylic acids is 1. The Hall–Kier alpha value is -1.33. The summed E-state index contributed by atoms with van der Waals surface area (Å²) in [5.74, 6) is 0.0620. The smallest absolute Gasteiger partial charge is 0.245 e. The fourth-order valence-electron chi connectivity index (χ4n) is 2.41. The molecule has 0 saturated heterocycles. The summed E-state index contributed by atoms with van der Waals surface area (Å²) in [6, 6.07) is 5.23. The van der Waals surface area contributed by atoms with E-state index >= 15 is 0 Å². The highest BCUT2D eigenvalue weighted by atomic mass is 35.5. The summed E-state index contributed by atoms with van der Waals surface area (Å²) in [5, 5.41) is 0.606. The molecule has 1 aromatic heterocycles. The van der Waals surface area contributed by atoms with E-state index in [1.165, 1.54) is 0 Å². The lowest BCUT2D eigenvalue weighted by molar-refractivity contribution is -0.133. The van der Waals surface area contributed by atoms with Crippen LogP contribution in [-0.2, 0) is 4.79 Å². The Morgan fingerprint density at radius 1 is 1.45 bits per heavy atom. The minimum atomic E-state index is -0.352. The predicted molar refractivity (Wildman–Crippen MR) is 84.8 cm³/mol. The van der Waals surface area contributed by atoms with E-state index in [0.717, 1.165) is 11.0 Å². The van der Waals surface area contributed by atoms with Gasteiger partial charge in [-0.3, -0.25) is 4.79 Å². The van der Waals surface area contributed by atoms with Crippen molar-refractivity contribution in [3.63, 3.8) is 0 Å². The van der Waals surface area contributed by atoms with Gasteiger partial charge in [0.15, 0.2) is 4.77 Å². The number of aromatic nitrogens is 2. The van der Waals surface area contributed by atoms with Crippen LogP contribution in [0.15, 0.2) is 18.2 Å². The van der Waals surface area contributed by atoms with Crippen molar-refractivity contribution in [1.82, 2.24) is 14.5 Å². The first kappa shape index (κ1) is 15.1. The molecule has 2 rings (SSSR count). The summed E-state index contributed by atoms with van der Waals surface area (Å²) in [6.07, 6.45) is 0. The Labute approximate surface area is 128 Å². The third kappa shape index (κ3) is 2.47. The van der Waals surface area contributed by atoms with Crippen LogP contribution >= 0.6 is 23.8 Å². The standard InChI is InChI=1S/C14H18ClN3OS/c1-4-17(5-2)13(19)9(3)18-11-8-6-7-10(15)12(11)16-14(18)20/h6-9H,4-5H2,1-3H3,(H,16,20). The normalized spacial score (nSPS) is 12.6. The van der Waals surface area contributed by atoms with Gasteiger partial charge in [-0.1, -0.05) is 17.7 Å². The molecule has 1 unspecified atom stereocenters. The number of benzene rings is 1. The fourth-order valence-corrected chi connectivity index (χ4v) is 2.98. The Morgan fingerprint density at radius 2 is 2.10 bits per heavy atom. The number of nitrogens with zero attached hydrogens (tertiary/aromatic N) is 2. The van der Waals surface area contributed by atoms with Gasteiger partial charge in [0, 0.05) is 13.1 Å². The molecule has 0 bridgehead atoms. The van der Waals surface area contributed by atoms with Gasteiger partial charge in [0.2, 0.25) is 5.91 Å². The molecule has 0 spiro atoms. The number of aromatic amines is 1. The molecule has 0 aliphatic heterocycles. The summed E-state index contributed by atoms with van der Waals surface area (Å²) >= 11 is 11.5. The highest BCUT2D eigenvalue weighted by Crippen LogP contribution is 2.26. The first-order valence-corrected chi connectivity index (χ1v) is 7.47. The zero-order valence-corrected chi connectivity index (χ0v) is 13.4. The van der Waals surface area contributed by atoms with Gasteiger partial charge in [0.25, 0.3) is 0 Å². The van der Waals surface area contributed by atoms with Crippen LogP contribution in [0.25, 0.3) is 11.0 Å². The average Bonchev–Trinajstić information content (AvgIpc) is 2.77. The van der Waals surface area contributed by atoms with Gasteiger partial charge in [0.05, 0.1) is 16.1 Å². The first-order chi connectivity index (χ1) is 9.51. The Kier molecular flexibility index (Phi) is 4.50. The SMILES string of the molecule is CCN(CC)C(=O)C(C)n1c(=S)[nH]c2c(Cl)cccc21. The third-order valence-electron chi connectivity index (χ3n) is 3.52. The van der Waals surface area contributed by atoms with Gasteiger partial charge in [-0.2, -0.15) is 0 Å². The van der Waals surface area contributed by atoms with Crippen LogP contribution in [0.2, 0.25) is 5.02 Å². The molecule has 6 heteroatoms. The number of likely N-dealkylation sites (N-methyl/N-ethyl adjacent to an activating group) is 1. The molecular weight excluding hydrogens is 294 g/mol. The van der Waals surface area contributed by atoms with Crippen molar-refractivity contribution in [1.29, 1.82) is 0 Å². The molecule has 1 amide bonds. The molecular formula is C14H18ClN3OS. The maximum Gasteiger partial charge on any atom is 0.245 e. The minimum Gasteiger partial charge on any atom is -0.341 e. The van der Waals surface area contributed by atoms with E-state index in [2.05, 4.69) is 4.98 Å². The summed E-state index contributed by atoms with van der Waals surface area (Å²) in [4.78, 5) is 17.4. The molecule has 0 fully saturated rings. The summed E-state index contributed by atoms with van der Waals surface area (Å²) in [5.41, 5.74) is 1.63. The quantitative estimate of drug-likeness (QED) is 0.873. The van der Waals surface area contributed by atoms with Crippen molar-refractivity contribution in [3.05, 3.63) is 28.0 Å². The Balaban J connectivity index is 2.53. The van der Waals surface area contributed by atoms with E-state index < -0.39 is 0 Å². The Bertz CT molecular complexity index is 687. The number of fused-ring (bicyclic) bond motifs is 1. The van der Waals surface area contributed by atoms with Gasteiger partial charge in [0.1, 0.15) is 6.04 Å². The third-order valence-corrected chi connectivity index (χ3v) is 4.14. The van der Waals surface area contributed by atoms with E-state index in [1.807, 2.05) is 37.5 Å². The zero-order valence-electron chi connectivity index (χ0n) is 11.8. The van der Waals surface area contributed by atoms with Gasteiger partial charge in [-0.05, 0) is 45.1 Å². The van der Waals surface area contributed by atoms with E-state index in [0.29, 0.717) is 22.9 Å². The van der Waals surface area contributed by atoms with Crippen molar-refractivity contribution >= 4 is 40.8 Å². The number of hydrogen-bond acceptors (Lipinski definition) is 2. The molecule has 4 nitrogen and oxygen atoms in total. The molecule has 0 aliphatic rings. The number of amides is 1. The maximum atomic E-state index is 12.5. The number of carbonyl (C=O) groups is 1. The lowest BCUT2D eigenvalue weighted by Crippen LogP contribution is -2.36. The summed E-state index contributed by atoms with van der Waals surface area (Å²) in [6.45, 7) is 7.19. The molecule has 108 valence electrons. The molecule has 20 heavy (non-hydrogen) atoms. The first-order valence-electron chi connectivity index (χ1n) is 6.68. The van der Waals surface area contributed by atoms with Crippen LogP contribution in [0, 0.1) is 4.77 Å². The monoisotopic (exact) mass is 311 g/mol. The van der Waals surface area contributed by atoms with Crippen molar-refractivity contribution in [2.45, 2.75) is 26.8 Å².